The normalized spacial score (nSPS) is 22.0. The molecule has 0 saturated carbocycles. The van der Waals surface area contributed by atoms with E-state index in [2.05, 4.69) is 16.7 Å². The molecular weight excluding hydrogens is 224 g/mol. The van der Waals surface area contributed by atoms with Crippen molar-refractivity contribution >= 4 is 0 Å². The third-order valence-corrected chi connectivity index (χ3v) is 3.07. The standard InChI is InChI=1S/C15H20N2O/c1-13(16)15-12-17(10-11-18-15)9-5-8-14-6-3-2-4-7-14/h2-4,6-7,13,15H,9-12,16H2,1H3. The second-order valence-electron chi connectivity index (χ2n) is 4.67. The number of rotatable bonds is 2. The van der Waals surface area contributed by atoms with E-state index in [0.717, 1.165) is 31.8 Å². The van der Waals surface area contributed by atoms with Gasteiger partial charge in [-0.15, -0.1) is 0 Å². The second-order valence-corrected chi connectivity index (χ2v) is 4.67. The van der Waals surface area contributed by atoms with Crippen LogP contribution in [0.3, 0.4) is 0 Å². The summed E-state index contributed by atoms with van der Waals surface area (Å²) in [5, 5.41) is 0. The molecule has 2 N–H and O–H groups in total. The minimum Gasteiger partial charge on any atom is -0.374 e. The highest BCUT2D eigenvalue weighted by Crippen LogP contribution is 2.07. The van der Waals surface area contributed by atoms with E-state index in [4.69, 9.17) is 10.5 Å². The van der Waals surface area contributed by atoms with Crippen LogP contribution >= 0.6 is 0 Å². The van der Waals surface area contributed by atoms with E-state index in [0.29, 0.717) is 0 Å². The van der Waals surface area contributed by atoms with E-state index in [-0.39, 0.29) is 12.1 Å². The summed E-state index contributed by atoms with van der Waals surface area (Å²) in [6.45, 7) is 5.33. The molecule has 2 atom stereocenters. The molecule has 1 fully saturated rings. The van der Waals surface area contributed by atoms with Gasteiger partial charge in [0.05, 0.1) is 19.3 Å². The van der Waals surface area contributed by atoms with Crippen LogP contribution in [0.5, 0.6) is 0 Å². The molecule has 96 valence electrons. The van der Waals surface area contributed by atoms with Crippen molar-refractivity contribution in [3.05, 3.63) is 35.9 Å². The van der Waals surface area contributed by atoms with Crippen LogP contribution in [-0.2, 0) is 4.74 Å². The van der Waals surface area contributed by atoms with Crippen molar-refractivity contribution in [3.63, 3.8) is 0 Å². The predicted octanol–water partition coefficient (Wildman–Crippen LogP) is 1.09. The summed E-state index contributed by atoms with van der Waals surface area (Å²) < 4.78 is 5.62. The van der Waals surface area contributed by atoms with Gasteiger partial charge in [0.25, 0.3) is 0 Å². The average Bonchev–Trinajstić information content (AvgIpc) is 2.40. The first kappa shape index (κ1) is 13.1. The van der Waals surface area contributed by atoms with E-state index in [1.807, 2.05) is 37.3 Å². The van der Waals surface area contributed by atoms with Crippen molar-refractivity contribution in [1.29, 1.82) is 0 Å². The smallest absolute Gasteiger partial charge is 0.0850 e. The number of hydrogen-bond acceptors (Lipinski definition) is 3. The zero-order chi connectivity index (χ0) is 12.8. The van der Waals surface area contributed by atoms with Gasteiger partial charge in [0.2, 0.25) is 0 Å². The fraction of sp³-hybridized carbons (Fsp3) is 0.467. The Bertz CT molecular complexity index is 419. The predicted molar refractivity (Wildman–Crippen MR) is 73.1 cm³/mol. The molecule has 2 rings (SSSR count). The Morgan fingerprint density at radius 1 is 1.44 bits per heavy atom. The fourth-order valence-electron chi connectivity index (χ4n) is 1.97. The van der Waals surface area contributed by atoms with Gasteiger partial charge in [-0.2, -0.15) is 0 Å². The van der Waals surface area contributed by atoms with Crippen LogP contribution in [0.1, 0.15) is 12.5 Å². The number of ether oxygens (including phenoxy) is 1. The summed E-state index contributed by atoms with van der Waals surface area (Å²) in [5.74, 6) is 6.38. The van der Waals surface area contributed by atoms with Crippen molar-refractivity contribution in [2.45, 2.75) is 19.1 Å². The lowest BCUT2D eigenvalue weighted by molar-refractivity contribution is -0.0333. The lowest BCUT2D eigenvalue weighted by Crippen LogP contribution is -2.49. The highest BCUT2D eigenvalue weighted by molar-refractivity contribution is 5.33. The first-order valence-electron chi connectivity index (χ1n) is 6.39. The molecule has 0 bridgehead atoms. The molecule has 1 aliphatic heterocycles. The average molecular weight is 244 g/mol. The van der Waals surface area contributed by atoms with Gasteiger partial charge >= 0.3 is 0 Å². The van der Waals surface area contributed by atoms with Crippen LogP contribution in [-0.4, -0.2) is 43.3 Å². The largest absolute Gasteiger partial charge is 0.374 e. The van der Waals surface area contributed by atoms with Gasteiger partial charge < -0.3 is 10.5 Å². The third kappa shape index (κ3) is 3.85. The van der Waals surface area contributed by atoms with Crippen molar-refractivity contribution in [2.24, 2.45) is 5.73 Å². The van der Waals surface area contributed by atoms with Crippen molar-refractivity contribution in [1.82, 2.24) is 4.90 Å². The molecule has 0 radical (unpaired) electrons. The molecule has 1 aromatic carbocycles. The molecule has 0 amide bonds. The van der Waals surface area contributed by atoms with Crippen LogP contribution in [0.2, 0.25) is 0 Å². The molecule has 1 heterocycles. The molecule has 2 unspecified atom stereocenters. The van der Waals surface area contributed by atoms with Gasteiger partial charge in [-0.25, -0.2) is 0 Å². The molecule has 3 nitrogen and oxygen atoms in total. The van der Waals surface area contributed by atoms with E-state index < -0.39 is 0 Å². The van der Waals surface area contributed by atoms with Crippen molar-refractivity contribution < 1.29 is 4.74 Å². The molecule has 0 spiro atoms. The molecule has 3 heteroatoms. The van der Waals surface area contributed by atoms with Gasteiger partial charge in [-0.05, 0) is 19.1 Å². The highest BCUT2D eigenvalue weighted by Gasteiger charge is 2.22. The summed E-state index contributed by atoms with van der Waals surface area (Å²) in [4.78, 5) is 2.30. The Labute approximate surface area is 109 Å². The first-order chi connectivity index (χ1) is 8.75. The van der Waals surface area contributed by atoms with Crippen LogP contribution in [0.15, 0.2) is 30.3 Å². The van der Waals surface area contributed by atoms with Gasteiger partial charge in [0, 0.05) is 24.7 Å². The monoisotopic (exact) mass is 244 g/mol. The zero-order valence-electron chi connectivity index (χ0n) is 10.8. The summed E-state index contributed by atoms with van der Waals surface area (Å²) in [5.41, 5.74) is 6.93. The minimum atomic E-state index is 0.0786. The molecule has 18 heavy (non-hydrogen) atoms. The van der Waals surface area contributed by atoms with Gasteiger partial charge in [-0.1, -0.05) is 30.0 Å². The maximum atomic E-state index is 5.86. The van der Waals surface area contributed by atoms with E-state index in [9.17, 15) is 0 Å². The number of morpholine rings is 1. The number of nitrogens with two attached hydrogens (primary N) is 1. The van der Waals surface area contributed by atoms with Crippen LogP contribution in [0, 0.1) is 11.8 Å². The van der Waals surface area contributed by atoms with Crippen LogP contribution in [0.25, 0.3) is 0 Å². The highest BCUT2D eigenvalue weighted by atomic mass is 16.5. The quantitative estimate of drug-likeness (QED) is 0.791. The topological polar surface area (TPSA) is 38.5 Å². The third-order valence-electron chi connectivity index (χ3n) is 3.07. The molecule has 1 aromatic rings. The van der Waals surface area contributed by atoms with Gasteiger partial charge in [0.1, 0.15) is 0 Å². The van der Waals surface area contributed by atoms with Gasteiger partial charge in [-0.3, -0.25) is 4.90 Å². The van der Waals surface area contributed by atoms with Crippen molar-refractivity contribution in [2.75, 3.05) is 26.2 Å². The first-order valence-corrected chi connectivity index (χ1v) is 6.39. The second kappa shape index (κ2) is 6.55. The van der Waals surface area contributed by atoms with E-state index >= 15 is 0 Å². The summed E-state index contributed by atoms with van der Waals surface area (Å²) in [7, 11) is 0. The number of benzene rings is 1. The number of nitrogens with zero attached hydrogens (tertiary/aromatic N) is 1. The summed E-state index contributed by atoms with van der Waals surface area (Å²) >= 11 is 0. The Morgan fingerprint density at radius 3 is 2.94 bits per heavy atom. The Kier molecular flexibility index (Phi) is 4.77. The molecule has 0 aliphatic carbocycles. The molecule has 0 aromatic heterocycles. The molecule has 1 aliphatic rings. The number of hydrogen-bond donors (Lipinski definition) is 1. The van der Waals surface area contributed by atoms with Crippen molar-refractivity contribution in [3.8, 4) is 11.8 Å². The Balaban J connectivity index is 1.85. The van der Waals surface area contributed by atoms with Gasteiger partial charge in [0.15, 0.2) is 0 Å². The lowest BCUT2D eigenvalue weighted by atomic mass is 10.1. The fourth-order valence-corrected chi connectivity index (χ4v) is 1.97. The van der Waals surface area contributed by atoms with Crippen LogP contribution < -0.4 is 5.73 Å². The summed E-state index contributed by atoms with van der Waals surface area (Å²) in [6, 6.07) is 10.1. The lowest BCUT2D eigenvalue weighted by Gasteiger charge is -2.33. The minimum absolute atomic E-state index is 0.0786. The SMILES string of the molecule is CC(N)C1CN(CC#Cc2ccccc2)CCO1. The summed E-state index contributed by atoms with van der Waals surface area (Å²) in [6.07, 6.45) is 0.136. The van der Waals surface area contributed by atoms with E-state index in [1.54, 1.807) is 0 Å². The molecular formula is C15H20N2O. The van der Waals surface area contributed by atoms with Crippen LogP contribution in [0.4, 0.5) is 0 Å². The maximum absolute atomic E-state index is 5.86. The Hall–Kier alpha value is -1.34. The zero-order valence-corrected chi connectivity index (χ0v) is 10.8. The maximum Gasteiger partial charge on any atom is 0.0850 e. The Morgan fingerprint density at radius 2 is 2.22 bits per heavy atom. The van der Waals surface area contributed by atoms with E-state index in [1.165, 1.54) is 0 Å². The molecule has 1 saturated heterocycles.